The van der Waals surface area contributed by atoms with Crippen molar-refractivity contribution in [3.05, 3.63) is 33.7 Å². The first kappa shape index (κ1) is 14.3. The molecule has 0 bridgehead atoms. The molecule has 1 aliphatic rings. The lowest BCUT2D eigenvalue weighted by Gasteiger charge is -2.37. The maximum Gasteiger partial charge on any atom is 0.259 e. The van der Waals surface area contributed by atoms with Gasteiger partial charge in [0.25, 0.3) is 5.91 Å². The lowest BCUT2D eigenvalue weighted by atomic mass is 9.91. The van der Waals surface area contributed by atoms with E-state index in [-0.39, 0.29) is 16.9 Å². The van der Waals surface area contributed by atoms with Crippen LogP contribution < -0.4 is 5.43 Å². The van der Waals surface area contributed by atoms with E-state index in [1.54, 1.807) is 6.20 Å². The Labute approximate surface area is 121 Å². The Morgan fingerprint density at radius 3 is 2.79 bits per heavy atom. The summed E-state index contributed by atoms with van der Waals surface area (Å²) in [5, 5.41) is 0.869. The number of carbonyl (C=O) groups excluding carboxylic acids is 1. The van der Waals surface area contributed by atoms with Crippen molar-refractivity contribution < 1.29 is 4.79 Å². The average molecular weight is 327 g/mol. The number of H-pyrrole nitrogens is 1. The SMILES string of the molecule is Cc1cc(=O)c(C(=O)N(CCCBr)C2CCC2)c[nH]1. The topological polar surface area (TPSA) is 53.2 Å². The zero-order chi connectivity index (χ0) is 13.8. The Balaban J connectivity index is 2.20. The van der Waals surface area contributed by atoms with Crippen molar-refractivity contribution >= 4 is 21.8 Å². The molecule has 0 atom stereocenters. The quantitative estimate of drug-likeness (QED) is 0.845. The lowest BCUT2D eigenvalue weighted by molar-refractivity contribution is 0.0579. The largest absolute Gasteiger partial charge is 0.364 e. The molecular formula is C14H19BrN2O2. The first-order valence-electron chi connectivity index (χ1n) is 6.69. The number of alkyl halides is 1. The minimum atomic E-state index is -0.190. The molecule has 0 aliphatic heterocycles. The second kappa shape index (κ2) is 6.37. The van der Waals surface area contributed by atoms with Crippen molar-refractivity contribution in [2.75, 3.05) is 11.9 Å². The van der Waals surface area contributed by atoms with Gasteiger partial charge in [0.05, 0.1) is 0 Å². The second-order valence-corrected chi connectivity index (χ2v) is 5.81. The summed E-state index contributed by atoms with van der Waals surface area (Å²) in [6.45, 7) is 2.52. The van der Waals surface area contributed by atoms with E-state index in [1.807, 2.05) is 11.8 Å². The van der Waals surface area contributed by atoms with Crippen LogP contribution in [-0.2, 0) is 0 Å². The molecule has 1 aromatic rings. The summed E-state index contributed by atoms with van der Waals surface area (Å²) in [7, 11) is 0. The number of hydrogen-bond donors (Lipinski definition) is 1. The summed E-state index contributed by atoms with van der Waals surface area (Å²) in [5.74, 6) is -0.132. The van der Waals surface area contributed by atoms with Crippen LogP contribution >= 0.6 is 15.9 Å². The Bertz CT molecular complexity index is 508. The Kier molecular flexibility index (Phi) is 4.80. The zero-order valence-electron chi connectivity index (χ0n) is 11.1. The van der Waals surface area contributed by atoms with Crippen molar-refractivity contribution in [3.8, 4) is 0 Å². The van der Waals surface area contributed by atoms with Gasteiger partial charge in [-0.2, -0.15) is 0 Å². The predicted molar refractivity (Wildman–Crippen MR) is 78.9 cm³/mol. The van der Waals surface area contributed by atoms with Crippen molar-refractivity contribution in [2.45, 2.75) is 38.6 Å². The van der Waals surface area contributed by atoms with Crippen LogP contribution in [-0.4, -0.2) is 33.7 Å². The molecule has 0 unspecified atom stereocenters. The molecule has 1 aliphatic carbocycles. The van der Waals surface area contributed by atoms with E-state index < -0.39 is 0 Å². The molecule has 1 aromatic heterocycles. The number of nitrogens with one attached hydrogen (secondary N) is 1. The van der Waals surface area contributed by atoms with Crippen LogP contribution in [0.2, 0.25) is 0 Å². The van der Waals surface area contributed by atoms with Crippen LogP contribution in [0.4, 0.5) is 0 Å². The summed E-state index contributed by atoms with van der Waals surface area (Å²) in [6, 6.07) is 1.80. The second-order valence-electron chi connectivity index (χ2n) is 5.02. The van der Waals surface area contributed by atoms with Crippen molar-refractivity contribution in [2.24, 2.45) is 0 Å². The van der Waals surface area contributed by atoms with Gasteiger partial charge in [-0.15, -0.1) is 0 Å². The minimum absolute atomic E-state index is 0.132. The highest BCUT2D eigenvalue weighted by atomic mass is 79.9. The van der Waals surface area contributed by atoms with E-state index in [0.29, 0.717) is 12.6 Å². The van der Waals surface area contributed by atoms with Gasteiger partial charge in [-0.3, -0.25) is 9.59 Å². The Morgan fingerprint density at radius 1 is 1.53 bits per heavy atom. The maximum atomic E-state index is 12.5. The molecule has 0 saturated heterocycles. The summed E-state index contributed by atoms with van der Waals surface area (Å²) in [5.41, 5.74) is 0.841. The van der Waals surface area contributed by atoms with Gasteiger partial charge >= 0.3 is 0 Å². The van der Waals surface area contributed by atoms with Crippen molar-refractivity contribution in [3.63, 3.8) is 0 Å². The van der Waals surface area contributed by atoms with Crippen LogP contribution in [0.25, 0.3) is 0 Å². The van der Waals surface area contributed by atoms with Gasteiger partial charge in [0, 0.05) is 35.9 Å². The van der Waals surface area contributed by atoms with Gasteiger partial charge in [-0.25, -0.2) is 0 Å². The third-order valence-corrected chi connectivity index (χ3v) is 4.16. The predicted octanol–water partition coefficient (Wildman–Crippen LogP) is 2.46. The van der Waals surface area contributed by atoms with Crippen LogP contribution in [0, 0.1) is 6.92 Å². The molecule has 1 amide bonds. The average Bonchev–Trinajstić information content (AvgIpc) is 2.31. The normalized spacial score (nSPS) is 15.1. The molecule has 0 radical (unpaired) electrons. The first-order valence-corrected chi connectivity index (χ1v) is 7.82. The van der Waals surface area contributed by atoms with E-state index in [1.165, 1.54) is 12.5 Å². The molecular weight excluding hydrogens is 308 g/mol. The van der Waals surface area contributed by atoms with Gasteiger partial charge in [0.15, 0.2) is 5.43 Å². The summed E-state index contributed by atoms with van der Waals surface area (Å²) < 4.78 is 0. The van der Waals surface area contributed by atoms with Gasteiger partial charge in [0.2, 0.25) is 0 Å². The molecule has 1 saturated carbocycles. The molecule has 19 heavy (non-hydrogen) atoms. The molecule has 1 heterocycles. The van der Waals surface area contributed by atoms with Gasteiger partial charge in [0.1, 0.15) is 5.56 Å². The number of nitrogens with zero attached hydrogens (tertiary/aromatic N) is 1. The summed E-state index contributed by atoms with van der Waals surface area (Å²) >= 11 is 3.39. The smallest absolute Gasteiger partial charge is 0.259 e. The molecule has 5 heteroatoms. The number of pyridine rings is 1. The first-order chi connectivity index (χ1) is 9.13. The molecule has 0 spiro atoms. The van der Waals surface area contributed by atoms with Crippen LogP contribution in [0.15, 0.2) is 17.1 Å². The standard InChI is InChI=1S/C14H19BrN2O2/c1-10-8-13(18)12(9-16-10)14(19)17(7-3-6-15)11-4-2-5-11/h8-9,11H,2-7H2,1H3,(H,16,18). The molecule has 1 N–H and O–H groups in total. The highest BCUT2D eigenvalue weighted by Crippen LogP contribution is 2.26. The molecule has 0 aromatic carbocycles. The van der Waals surface area contributed by atoms with Crippen molar-refractivity contribution in [1.82, 2.24) is 9.88 Å². The third kappa shape index (κ3) is 3.26. The number of hydrogen-bond acceptors (Lipinski definition) is 2. The van der Waals surface area contributed by atoms with E-state index in [2.05, 4.69) is 20.9 Å². The lowest BCUT2D eigenvalue weighted by Crippen LogP contribution is -2.46. The third-order valence-electron chi connectivity index (χ3n) is 3.60. The van der Waals surface area contributed by atoms with Crippen LogP contribution in [0.3, 0.4) is 0 Å². The molecule has 4 nitrogen and oxygen atoms in total. The molecule has 2 rings (SSSR count). The number of carbonyl (C=O) groups is 1. The minimum Gasteiger partial charge on any atom is -0.364 e. The molecule has 104 valence electrons. The Hall–Kier alpha value is -1.10. The summed E-state index contributed by atoms with van der Waals surface area (Å²) in [6.07, 6.45) is 5.73. The van der Waals surface area contributed by atoms with E-state index in [0.717, 1.165) is 30.3 Å². The highest BCUT2D eigenvalue weighted by Gasteiger charge is 2.29. The van der Waals surface area contributed by atoms with Crippen LogP contribution in [0.5, 0.6) is 0 Å². The monoisotopic (exact) mass is 326 g/mol. The molecule has 1 fully saturated rings. The number of aromatic amines is 1. The number of rotatable bonds is 5. The summed E-state index contributed by atoms with van der Waals surface area (Å²) in [4.78, 5) is 29.2. The van der Waals surface area contributed by atoms with Crippen molar-refractivity contribution in [1.29, 1.82) is 0 Å². The van der Waals surface area contributed by atoms with E-state index in [4.69, 9.17) is 0 Å². The number of halogens is 1. The van der Waals surface area contributed by atoms with Gasteiger partial charge < -0.3 is 9.88 Å². The van der Waals surface area contributed by atoms with E-state index in [9.17, 15) is 9.59 Å². The highest BCUT2D eigenvalue weighted by molar-refractivity contribution is 9.09. The fourth-order valence-electron chi connectivity index (χ4n) is 2.27. The number of aryl methyl sites for hydroxylation is 1. The Morgan fingerprint density at radius 2 is 2.26 bits per heavy atom. The number of amides is 1. The van der Waals surface area contributed by atoms with E-state index >= 15 is 0 Å². The van der Waals surface area contributed by atoms with Gasteiger partial charge in [-0.1, -0.05) is 15.9 Å². The number of aromatic nitrogens is 1. The van der Waals surface area contributed by atoms with Crippen LogP contribution in [0.1, 0.15) is 41.7 Å². The maximum absolute atomic E-state index is 12.5. The zero-order valence-corrected chi connectivity index (χ0v) is 12.7. The fraction of sp³-hybridized carbons (Fsp3) is 0.571. The fourth-order valence-corrected chi connectivity index (χ4v) is 2.52. The van der Waals surface area contributed by atoms with Gasteiger partial charge in [-0.05, 0) is 32.6 Å².